The number of hydrogen-bond donors (Lipinski definition) is 2. The van der Waals surface area contributed by atoms with Gasteiger partial charge in [0.2, 0.25) is 5.91 Å². The summed E-state index contributed by atoms with van der Waals surface area (Å²) in [6.07, 6.45) is 2.77. The Bertz CT molecular complexity index is 390. The van der Waals surface area contributed by atoms with Crippen molar-refractivity contribution < 1.29 is 4.79 Å². The molecule has 1 unspecified atom stereocenters. The summed E-state index contributed by atoms with van der Waals surface area (Å²) in [5.74, 6) is 0.495. The minimum absolute atomic E-state index is 0.168. The first-order chi connectivity index (χ1) is 8.31. The first kappa shape index (κ1) is 12.0. The molecule has 1 atom stereocenters. The van der Waals surface area contributed by atoms with Crippen molar-refractivity contribution >= 4 is 11.6 Å². The molecule has 0 aliphatic carbocycles. The first-order valence-electron chi connectivity index (χ1n) is 6.40. The van der Waals surface area contributed by atoms with E-state index in [0.29, 0.717) is 12.3 Å². The monoisotopic (exact) mass is 232 g/mol. The smallest absolute Gasteiger partial charge is 0.220 e. The number of hydrogen-bond acceptors (Lipinski definition) is 2. The molecule has 0 aromatic heterocycles. The average Bonchev–Trinajstić information content (AvgIpc) is 2.73. The Balaban J connectivity index is 1.87. The van der Waals surface area contributed by atoms with Crippen LogP contribution in [0.4, 0.5) is 5.69 Å². The standard InChI is InChI=1S/C14H20N2O/c1-2-3-8-15-14(17)9-11-10-16-13-7-5-4-6-12(11)13/h4-7,11,16H,2-3,8-10H2,1H3,(H,15,17). The summed E-state index contributed by atoms with van der Waals surface area (Å²) in [4.78, 5) is 11.7. The quantitative estimate of drug-likeness (QED) is 0.766. The van der Waals surface area contributed by atoms with E-state index >= 15 is 0 Å². The molecule has 0 fully saturated rings. The summed E-state index contributed by atoms with van der Waals surface area (Å²) in [6, 6.07) is 8.24. The molecule has 0 bridgehead atoms. The maximum Gasteiger partial charge on any atom is 0.220 e. The predicted octanol–water partition coefficient (Wildman–Crippen LogP) is 2.50. The fraction of sp³-hybridized carbons (Fsp3) is 0.500. The minimum atomic E-state index is 0.168. The molecule has 3 nitrogen and oxygen atoms in total. The lowest BCUT2D eigenvalue weighted by Crippen LogP contribution is -2.26. The number of anilines is 1. The summed E-state index contributed by atoms with van der Waals surface area (Å²) < 4.78 is 0. The molecule has 0 saturated heterocycles. The van der Waals surface area contributed by atoms with E-state index < -0.39 is 0 Å². The second kappa shape index (κ2) is 5.71. The molecule has 17 heavy (non-hydrogen) atoms. The second-order valence-corrected chi connectivity index (χ2v) is 4.57. The second-order valence-electron chi connectivity index (χ2n) is 4.57. The third kappa shape index (κ3) is 2.99. The summed E-state index contributed by atoms with van der Waals surface area (Å²) in [6.45, 7) is 3.81. The summed E-state index contributed by atoms with van der Waals surface area (Å²) in [5, 5.41) is 6.32. The van der Waals surface area contributed by atoms with Crippen molar-refractivity contribution in [2.45, 2.75) is 32.1 Å². The minimum Gasteiger partial charge on any atom is -0.384 e. The van der Waals surface area contributed by atoms with Gasteiger partial charge in [0.1, 0.15) is 0 Å². The highest BCUT2D eigenvalue weighted by atomic mass is 16.1. The Morgan fingerprint density at radius 3 is 3.12 bits per heavy atom. The fourth-order valence-electron chi connectivity index (χ4n) is 2.24. The Morgan fingerprint density at radius 1 is 1.47 bits per heavy atom. The van der Waals surface area contributed by atoms with Crippen molar-refractivity contribution in [3.8, 4) is 0 Å². The summed E-state index contributed by atoms with van der Waals surface area (Å²) >= 11 is 0. The van der Waals surface area contributed by atoms with Gasteiger partial charge in [0, 0.05) is 31.1 Å². The summed E-state index contributed by atoms with van der Waals surface area (Å²) in [7, 11) is 0. The average molecular weight is 232 g/mol. The molecule has 1 heterocycles. The van der Waals surface area contributed by atoms with Crippen molar-refractivity contribution in [1.82, 2.24) is 5.32 Å². The molecule has 1 aromatic carbocycles. The van der Waals surface area contributed by atoms with Crippen LogP contribution < -0.4 is 10.6 Å². The van der Waals surface area contributed by atoms with E-state index in [1.807, 2.05) is 12.1 Å². The first-order valence-corrected chi connectivity index (χ1v) is 6.40. The lowest BCUT2D eigenvalue weighted by Gasteiger charge is -2.10. The zero-order chi connectivity index (χ0) is 12.1. The van der Waals surface area contributed by atoms with Gasteiger partial charge in [-0.05, 0) is 18.1 Å². The number of amides is 1. The van der Waals surface area contributed by atoms with Crippen LogP contribution in [0.3, 0.4) is 0 Å². The zero-order valence-corrected chi connectivity index (χ0v) is 10.3. The van der Waals surface area contributed by atoms with Gasteiger partial charge in [-0.1, -0.05) is 31.5 Å². The zero-order valence-electron chi connectivity index (χ0n) is 10.3. The van der Waals surface area contributed by atoms with Crippen molar-refractivity contribution in [1.29, 1.82) is 0 Å². The van der Waals surface area contributed by atoms with Crippen LogP contribution in [0.15, 0.2) is 24.3 Å². The van der Waals surface area contributed by atoms with Crippen LogP contribution in [0.2, 0.25) is 0 Å². The van der Waals surface area contributed by atoms with Crippen LogP contribution in [0.25, 0.3) is 0 Å². The highest BCUT2D eigenvalue weighted by molar-refractivity contribution is 5.78. The van der Waals surface area contributed by atoms with Crippen LogP contribution in [0, 0.1) is 0 Å². The van der Waals surface area contributed by atoms with Gasteiger partial charge >= 0.3 is 0 Å². The van der Waals surface area contributed by atoms with E-state index in [2.05, 4.69) is 29.7 Å². The van der Waals surface area contributed by atoms with Gasteiger partial charge < -0.3 is 10.6 Å². The van der Waals surface area contributed by atoms with Gasteiger partial charge in [0.15, 0.2) is 0 Å². The number of benzene rings is 1. The van der Waals surface area contributed by atoms with E-state index in [0.717, 1.165) is 25.9 Å². The van der Waals surface area contributed by atoms with E-state index in [1.54, 1.807) is 0 Å². The van der Waals surface area contributed by atoms with E-state index in [4.69, 9.17) is 0 Å². The number of nitrogens with one attached hydrogen (secondary N) is 2. The molecule has 0 radical (unpaired) electrons. The molecule has 2 rings (SSSR count). The number of rotatable bonds is 5. The van der Waals surface area contributed by atoms with Crippen molar-refractivity contribution in [2.24, 2.45) is 0 Å². The van der Waals surface area contributed by atoms with Gasteiger partial charge in [-0.25, -0.2) is 0 Å². The Hall–Kier alpha value is -1.51. The normalized spacial score (nSPS) is 17.4. The van der Waals surface area contributed by atoms with Gasteiger partial charge in [-0.2, -0.15) is 0 Å². The number of carbonyl (C=O) groups is 1. The molecule has 1 aliphatic heterocycles. The van der Waals surface area contributed by atoms with Gasteiger partial charge in [-0.3, -0.25) is 4.79 Å². The van der Waals surface area contributed by atoms with Gasteiger partial charge in [0.05, 0.1) is 0 Å². The van der Waals surface area contributed by atoms with Crippen molar-refractivity contribution in [2.75, 3.05) is 18.4 Å². The van der Waals surface area contributed by atoms with Crippen molar-refractivity contribution in [3.63, 3.8) is 0 Å². The maximum atomic E-state index is 11.7. The largest absolute Gasteiger partial charge is 0.384 e. The fourth-order valence-corrected chi connectivity index (χ4v) is 2.24. The molecular formula is C14H20N2O. The number of unbranched alkanes of at least 4 members (excludes halogenated alkanes) is 1. The van der Waals surface area contributed by atoms with Crippen LogP contribution >= 0.6 is 0 Å². The lowest BCUT2D eigenvalue weighted by atomic mass is 9.97. The Labute approximate surface area is 103 Å². The van der Waals surface area contributed by atoms with E-state index in [-0.39, 0.29) is 5.91 Å². The van der Waals surface area contributed by atoms with Crippen molar-refractivity contribution in [3.05, 3.63) is 29.8 Å². The summed E-state index contributed by atoms with van der Waals surface area (Å²) in [5.41, 5.74) is 2.46. The molecular weight excluding hydrogens is 212 g/mol. The Morgan fingerprint density at radius 2 is 2.29 bits per heavy atom. The van der Waals surface area contributed by atoms with Gasteiger partial charge in [-0.15, -0.1) is 0 Å². The molecule has 3 heteroatoms. The number of para-hydroxylation sites is 1. The lowest BCUT2D eigenvalue weighted by molar-refractivity contribution is -0.121. The SMILES string of the molecule is CCCCNC(=O)CC1CNc2ccccc21. The molecule has 0 saturated carbocycles. The molecule has 0 spiro atoms. The van der Waals surface area contributed by atoms with Crippen LogP contribution in [0.1, 0.15) is 37.7 Å². The molecule has 92 valence electrons. The third-order valence-corrected chi connectivity index (χ3v) is 3.22. The molecule has 2 N–H and O–H groups in total. The van der Waals surface area contributed by atoms with Crippen LogP contribution in [-0.4, -0.2) is 19.0 Å². The molecule has 1 amide bonds. The Kier molecular flexibility index (Phi) is 4.02. The topological polar surface area (TPSA) is 41.1 Å². The maximum absolute atomic E-state index is 11.7. The highest BCUT2D eigenvalue weighted by Gasteiger charge is 2.23. The number of carbonyl (C=O) groups excluding carboxylic acids is 1. The number of fused-ring (bicyclic) bond motifs is 1. The molecule has 1 aromatic rings. The molecule has 1 aliphatic rings. The van der Waals surface area contributed by atoms with E-state index in [1.165, 1.54) is 11.3 Å². The third-order valence-electron chi connectivity index (χ3n) is 3.22. The van der Waals surface area contributed by atoms with E-state index in [9.17, 15) is 4.79 Å². The van der Waals surface area contributed by atoms with Gasteiger partial charge in [0.25, 0.3) is 0 Å². The predicted molar refractivity (Wildman–Crippen MR) is 70.2 cm³/mol. The van der Waals surface area contributed by atoms with Crippen LogP contribution in [-0.2, 0) is 4.79 Å². The van der Waals surface area contributed by atoms with Crippen LogP contribution in [0.5, 0.6) is 0 Å². The highest BCUT2D eigenvalue weighted by Crippen LogP contribution is 2.32.